The second-order valence-corrected chi connectivity index (χ2v) is 7.26. The van der Waals surface area contributed by atoms with Crippen molar-refractivity contribution in [1.29, 1.82) is 0 Å². The molecule has 0 radical (unpaired) electrons. The molecule has 3 aromatic heterocycles. The van der Waals surface area contributed by atoms with Crippen LogP contribution < -0.4 is 5.32 Å². The smallest absolute Gasteiger partial charge is 0.419 e. The first-order chi connectivity index (χ1) is 16.4. The Morgan fingerprint density at radius 1 is 0.941 bits per heavy atom. The molecular formula is C23H15F3N6O2. The third-order valence-electron chi connectivity index (χ3n) is 4.93. The molecule has 0 saturated heterocycles. The molecule has 3 heterocycles. The van der Waals surface area contributed by atoms with Crippen LogP contribution in [-0.2, 0) is 12.7 Å². The zero-order chi connectivity index (χ0) is 23.7. The van der Waals surface area contributed by atoms with E-state index in [0.29, 0.717) is 11.1 Å². The molecule has 0 spiro atoms. The van der Waals surface area contributed by atoms with Crippen LogP contribution in [0.2, 0.25) is 0 Å². The number of halogens is 3. The summed E-state index contributed by atoms with van der Waals surface area (Å²) in [6.45, 7) is -0.147. The van der Waals surface area contributed by atoms with Crippen molar-refractivity contribution in [2.45, 2.75) is 12.7 Å². The van der Waals surface area contributed by atoms with Gasteiger partial charge in [0.25, 0.3) is 5.91 Å². The van der Waals surface area contributed by atoms with Crippen molar-refractivity contribution < 1.29 is 22.4 Å². The maximum atomic E-state index is 13.3. The van der Waals surface area contributed by atoms with Gasteiger partial charge >= 0.3 is 6.18 Å². The van der Waals surface area contributed by atoms with Gasteiger partial charge in [0.2, 0.25) is 11.8 Å². The Hall–Kier alpha value is -4.54. The number of nitrogens with zero attached hydrogens (tertiary/aromatic N) is 5. The molecule has 0 fully saturated rings. The van der Waals surface area contributed by atoms with Crippen molar-refractivity contribution in [2.75, 3.05) is 5.32 Å². The molecular weight excluding hydrogens is 449 g/mol. The first kappa shape index (κ1) is 21.3. The number of carbonyl (C=O) groups is 1. The SMILES string of the molecule is O=C(Nc1nn(Cc2nnc(-c3ccccc3)o2)c2nc(C(F)(F)F)ccc12)c1ccccc1. The van der Waals surface area contributed by atoms with E-state index >= 15 is 0 Å². The number of fused-ring (bicyclic) bond motifs is 1. The van der Waals surface area contributed by atoms with Crippen LogP contribution in [0.25, 0.3) is 22.5 Å². The number of hydrogen-bond acceptors (Lipinski definition) is 6. The Bertz CT molecular complexity index is 1460. The van der Waals surface area contributed by atoms with Gasteiger partial charge in [-0.15, -0.1) is 10.2 Å². The molecule has 0 atom stereocenters. The number of carbonyl (C=O) groups excluding carboxylic acids is 1. The van der Waals surface area contributed by atoms with Crippen molar-refractivity contribution in [2.24, 2.45) is 0 Å². The van der Waals surface area contributed by atoms with Gasteiger partial charge in [-0.25, -0.2) is 9.67 Å². The van der Waals surface area contributed by atoms with Crippen LogP contribution in [0, 0.1) is 0 Å². The normalized spacial score (nSPS) is 11.6. The minimum absolute atomic E-state index is 0.0628. The number of aromatic nitrogens is 5. The van der Waals surface area contributed by atoms with Gasteiger partial charge in [-0.1, -0.05) is 36.4 Å². The summed E-state index contributed by atoms with van der Waals surface area (Å²) in [5.74, 6) is -0.0268. The van der Waals surface area contributed by atoms with Crippen molar-refractivity contribution in [3.8, 4) is 11.5 Å². The molecule has 0 aliphatic heterocycles. The molecule has 5 aromatic rings. The standard InChI is InChI=1S/C23H15F3N6O2/c24-23(25,26)17-12-11-16-19(28-21(33)14-7-3-1-4-8-14)31-32(20(16)27-17)13-18-29-30-22(34-18)15-9-5-2-6-10-15/h1-12H,13H2,(H,28,31,33). The first-order valence-corrected chi connectivity index (χ1v) is 10.1. The van der Waals surface area contributed by atoms with Gasteiger partial charge in [0.15, 0.2) is 11.5 Å². The van der Waals surface area contributed by atoms with Crippen molar-refractivity contribution in [3.63, 3.8) is 0 Å². The Morgan fingerprint density at radius 2 is 1.65 bits per heavy atom. The summed E-state index contributed by atoms with van der Waals surface area (Å²) in [5, 5.41) is 15.1. The molecule has 0 unspecified atom stereocenters. The quantitative estimate of drug-likeness (QED) is 0.401. The highest BCUT2D eigenvalue weighted by Gasteiger charge is 2.33. The molecule has 0 bridgehead atoms. The molecule has 0 aliphatic rings. The lowest BCUT2D eigenvalue weighted by Gasteiger charge is -2.06. The molecule has 2 aromatic carbocycles. The fourth-order valence-corrected chi connectivity index (χ4v) is 3.32. The summed E-state index contributed by atoms with van der Waals surface area (Å²) >= 11 is 0. The van der Waals surface area contributed by atoms with Gasteiger partial charge in [-0.3, -0.25) is 4.79 Å². The number of pyridine rings is 1. The molecule has 1 N–H and O–H groups in total. The van der Waals surface area contributed by atoms with E-state index in [1.165, 1.54) is 10.7 Å². The maximum absolute atomic E-state index is 13.3. The van der Waals surface area contributed by atoms with Crippen LogP contribution in [-0.4, -0.2) is 30.9 Å². The summed E-state index contributed by atoms with van der Waals surface area (Å²) in [6, 6.07) is 19.5. The predicted octanol–water partition coefficient (Wildman–Crippen LogP) is 4.80. The van der Waals surface area contributed by atoms with Crippen LogP contribution >= 0.6 is 0 Å². The van der Waals surface area contributed by atoms with E-state index in [-0.39, 0.29) is 35.2 Å². The topological polar surface area (TPSA) is 98.7 Å². The maximum Gasteiger partial charge on any atom is 0.433 e. The number of alkyl halides is 3. The van der Waals surface area contributed by atoms with Gasteiger partial charge in [0.1, 0.15) is 12.2 Å². The average Bonchev–Trinajstić information content (AvgIpc) is 3.45. The average molecular weight is 464 g/mol. The van der Waals surface area contributed by atoms with E-state index in [9.17, 15) is 18.0 Å². The Balaban J connectivity index is 1.52. The summed E-state index contributed by atoms with van der Waals surface area (Å²) in [7, 11) is 0. The number of hydrogen-bond donors (Lipinski definition) is 1. The van der Waals surface area contributed by atoms with Gasteiger partial charge in [-0.2, -0.15) is 18.3 Å². The lowest BCUT2D eigenvalue weighted by Crippen LogP contribution is -2.12. The lowest BCUT2D eigenvalue weighted by molar-refractivity contribution is -0.141. The fraction of sp³-hybridized carbons (Fsp3) is 0.0870. The van der Waals surface area contributed by atoms with E-state index in [1.54, 1.807) is 42.5 Å². The summed E-state index contributed by atoms with van der Waals surface area (Å²) in [5.41, 5.74) is -0.107. The van der Waals surface area contributed by atoms with Crippen LogP contribution in [0.5, 0.6) is 0 Å². The van der Waals surface area contributed by atoms with E-state index in [2.05, 4.69) is 25.6 Å². The summed E-state index contributed by atoms with van der Waals surface area (Å²) in [4.78, 5) is 16.4. The lowest BCUT2D eigenvalue weighted by atomic mass is 10.2. The number of rotatable bonds is 5. The van der Waals surface area contributed by atoms with Crippen LogP contribution in [0.1, 0.15) is 21.9 Å². The van der Waals surface area contributed by atoms with Gasteiger partial charge in [0, 0.05) is 11.1 Å². The fourth-order valence-electron chi connectivity index (χ4n) is 3.32. The van der Waals surface area contributed by atoms with Gasteiger partial charge in [-0.05, 0) is 36.4 Å². The van der Waals surface area contributed by atoms with E-state index in [0.717, 1.165) is 6.07 Å². The Kier molecular flexibility index (Phi) is 5.28. The first-order valence-electron chi connectivity index (χ1n) is 10.1. The minimum atomic E-state index is -4.65. The van der Waals surface area contributed by atoms with E-state index in [4.69, 9.17) is 4.42 Å². The van der Waals surface area contributed by atoms with Crippen molar-refractivity contribution >= 4 is 22.8 Å². The minimum Gasteiger partial charge on any atom is -0.419 e. The summed E-state index contributed by atoms with van der Waals surface area (Å²) < 4.78 is 46.8. The van der Waals surface area contributed by atoms with Crippen molar-refractivity contribution in [1.82, 2.24) is 25.0 Å². The van der Waals surface area contributed by atoms with E-state index < -0.39 is 17.8 Å². The number of anilines is 1. The predicted molar refractivity (Wildman–Crippen MR) is 116 cm³/mol. The van der Waals surface area contributed by atoms with Crippen LogP contribution in [0.3, 0.4) is 0 Å². The molecule has 11 heteroatoms. The summed E-state index contributed by atoms with van der Waals surface area (Å²) in [6.07, 6.45) is -4.65. The molecule has 34 heavy (non-hydrogen) atoms. The molecule has 0 aliphatic carbocycles. The zero-order valence-electron chi connectivity index (χ0n) is 17.3. The third-order valence-corrected chi connectivity index (χ3v) is 4.93. The zero-order valence-corrected chi connectivity index (χ0v) is 17.3. The Labute approximate surface area is 190 Å². The number of benzene rings is 2. The molecule has 170 valence electrons. The van der Waals surface area contributed by atoms with Crippen LogP contribution in [0.4, 0.5) is 19.0 Å². The van der Waals surface area contributed by atoms with Crippen LogP contribution in [0.15, 0.2) is 77.2 Å². The molecule has 5 rings (SSSR count). The second-order valence-electron chi connectivity index (χ2n) is 7.26. The monoisotopic (exact) mass is 464 g/mol. The van der Waals surface area contributed by atoms with E-state index in [1.807, 2.05) is 18.2 Å². The second kappa shape index (κ2) is 8.43. The number of amides is 1. The highest BCUT2D eigenvalue weighted by Crippen LogP contribution is 2.31. The van der Waals surface area contributed by atoms with Crippen molar-refractivity contribution in [3.05, 3.63) is 89.9 Å². The highest BCUT2D eigenvalue weighted by atomic mass is 19.4. The Morgan fingerprint density at radius 3 is 2.35 bits per heavy atom. The van der Waals surface area contributed by atoms with Gasteiger partial charge in [0.05, 0.1) is 5.39 Å². The molecule has 1 amide bonds. The third kappa shape index (κ3) is 4.22. The largest absolute Gasteiger partial charge is 0.433 e. The van der Waals surface area contributed by atoms with Gasteiger partial charge < -0.3 is 9.73 Å². The molecule has 8 nitrogen and oxygen atoms in total. The molecule has 0 saturated carbocycles. The highest BCUT2D eigenvalue weighted by molar-refractivity contribution is 6.07. The number of nitrogens with one attached hydrogen (secondary N) is 1.